The van der Waals surface area contributed by atoms with Crippen LogP contribution in [0.25, 0.3) is 0 Å². The third-order valence-corrected chi connectivity index (χ3v) is 6.31. The van der Waals surface area contributed by atoms with Crippen LogP contribution in [0.3, 0.4) is 0 Å². The number of carbonyl (C=O) groups is 2. The highest BCUT2D eigenvalue weighted by Crippen LogP contribution is 2.30. The number of piperazine rings is 1. The molecule has 2 amide bonds. The molecule has 12 heteroatoms. The van der Waals surface area contributed by atoms with Gasteiger partial charge >= 0.3 is 5.91 Å². The van der Waals surface area contributed by atoms with Crippen molar-refractivity contribution in [3.8, 4) is 0 Å². The Bertz CT molecular complexity index is 1170. The Morgan fingerprint density at radius 1 is 1.18 bits per heavy atom. The molecule has 0 saturated carbocycles. The zero-order chi connectivity index (χ0) is 24.4. The van der Waals surface area contributed by atoms with Gasteiger partial charge in [-0.15, -0.1) is 0 Å². The smallest absolute Gasteiger partial charge is 0.301 e. The van der Waals surface area contributed by atoms with E-state index in [2.05, 4.69) is 20.9 Å². The number of nitro benzene ring substituents is 1. The number of hydrogen-bond acceptors (Lipinski definition) is 8. The lowest BCUT2D eigenvalue weighted by Crippen LogP contribution is -2.52. The topological polar surface area (TPSA) is 133 Å². The Morgan fingerprint density at radius 3 is 2.62 bits per heavy atom. The van der Waals surface area contributed by atoms with Crippen LogP contribution in [0.15, 0.2) is 27.7 Å². The fraction of sp³-hybridized carbons (Fsp3) is 0.409. The second-order valence-electron chi connectivity index (χ2n) is 8.36. The van der Waals surface area contributed by atoms with Crippen LogP contribution in [0.2, 0.25) is 5.02 Å². The Hall–Kier alpha value is -3.28. The summed E-state index contributed by atoms with van der Waals surface area (Å²) < 4.78 is 5.91. The van der Waals surface area contributed by atoms with Crippen molar-refractivity contribution >= 4 is 34.8 Å². The van der Waals surface area contributed by atoms with E-state index in [1.807, 2.05) is 12.1 Å². The number of hydrazine groups is 1. The lowest BCUT2D eigenvalue weighted by Gasteiger charge is -2.32. The summed E-state index contributed by atoms with van der Waals surface area (Å²) in [7, 11) is 2.04. The molecule has 1 aliphatic heterocycles. The van der Waals surface area contributed by atoms with Crippen LogP contribution in [-0.2, 0) is 6.42 Å². The molecule has 0 bridgehead atoms. The van der Waals surface area contributed by atoms with E-state index in [0.29, 0.717) is 29.9 Å². The minimum absolute atomic E-state index is 0.0545. The molecule has 4 rings (SSSR count). The molecule has 180 valence electrons. The molecular weight excluding hydrogens is 464 g/mol. The maximum absolute atomic E-state index is 12.9. The summed E-state index contributed by atoms with van der Waals surface area (Å²) in [5.74, 6) is -0.0255. The molecule has 1 fully saturated rings. The van der Waals surface area contributed by atoms with Gasteiger partial charge in [0.25, 0.3) is 11.6 Å². The molecule has 11 nitrogen and oxygen atoms in total. The molecule has 1 aromatic heterocycles. The largest absolute Gasteiger partial charge is 0.455 e. The Balaban J connectivity index is 1.51. The average Bonchev–Trinajstić information content (AvgIpc) is 3.16. The highest BCUT2D eigenvalue weighted by molar-refractivity contribution is 6.32. The zero-order valence-corrected chi connectivity index (χ0v) is 19.6. The molecule has 2 N–H and O–H groups in total. The summed E-state index contributed by atoms with van der Waals surface area (Å²) in [6, 6.07) is 3.79. The molecule has 0 atom stereocenters. The number of nitrogens with zero attached hydrogens (tertiary/aromatic N) is 4. The monoisotopic (exact) mass is 488 g/mol. The van der Waals surface area contributed by atoms with Gasteiger partial charge in [0, 0.05) is 55.4 Å². The number of rotatable bonds is 5. The minimum Gasteiger partial charge on any atom is -0.455 e. The number of carbonyl (C=O) groups excluding carboxylic acids is 2. The summed E-state index contributed by atoms with van der Waals surface area (Å²) in [5.41, 5.74) is 7.05. The maximum atomic E-state index is 12.9. The van der Waals surface area contributed by atoms with Crippen molar-refractivity contribution in [2.24, 2.45) is 5.10 Å². The van der Waals surface area contributed by atoms with Crippen molar-refractivity contribution in [1.82, 2.24) is 20.8 Å². The molecule has 0 radical (unpaired) electrons. The number of nitro groups is 1. The van der Waals surface area contributed by atoms with Crippen LogP contribution in [0.5, 0.6) is 0 Å². The fourth-order valence-corrected chi connectivity index (χ4v) is 4.27. The number of amides is 2. The molecule has 1 aliphatic carbocycles. The van der Waals surface area contributed by atoms with Gasteiger partial charge in [0.15, 0.2) is 5.76 Å². The minimum atomic E-state index is -0.651. The SMILES string of the molecule is Cc1c(C(=O)NN2CCN(C)CC2)oc2c1/C(=N/NC(=O)c1ccc(Cl)c([N+](=O)[O-])c1)CCC2. The molecule has 2 aromatic rings. The number of aryl methyl sites for hydroxylation is 1. The number of hydrazone groups is 1. The van der Waals surface area contributed by atoms with Crippen molar-refractivity contribution < 1.29 is 18.9 Å². The van der Waals surface area contributed by atoms with Gasteiger partial charge in [-0.3, -0.25) is 25.1 Å². The number of halogens is 1. The molecular formula is C22H25ClN6O5. The molecule has 1 aromatic carbocycles. The quantitative estimate of drug-likeness (QED) is 0.488. The first-order chi connectivity index (χ1) is 16.2. The van der Waals surface area contributed by atoms with E-state index in [9.17, 15) is 19.7 Å². The maximum Gasteiger partial charge on any atom is 0.301 e. The number of likely N-dealkylation sites (N-methyl/N-ethyl adjacent to an activating group) is 1. The number of nitrogens with one attached hydrogen (secondary N) is 2. The molecule has 2 heterocycles. The summed E-state index contributed by atoms with van der Waals surface area (Å²) in [5, 5.41) is 17.2. The van der Waals surface area contributed by atoms with Gasteiger partial charge in [0.05, 0.1) is 10.6 Å². The highest BCUT2D eigenvalue weighted by Gasteiger charge is 2.29. The highest BCUT2D eigenvalue weighted by atomic mass is 35.5. The van der Waals surface area contributed by atoms with E-state index in [-0.39, 0.29) is 27.9 Å². The van der Waals surface area contributed by atoms with Crippen molar-refractivity contribution in [2.75, 3.05) is 33.2 Å². The molecule has 1 saturated heterocycles. The normalized spacial score (nSPS) is 17.9. The first-order valence-electron chi connectivity index (χ1n) is 10.9. The molecule has 34 heavy (non-hydrogen) atoms. The first kappa shape index (κ1) is 23.9. The van der Waals surface area contributed by atoms with Gasteiger partial charge in [0.2, 0.25) is 0 Å². The lowest BCUT2D eigenvalue weighted by atomic mass is 9.93. The average molecular weight is 489 g/mol. The lowest BCUT2D eigenvalue weighted by molar-refractivity contribution is -0.384. The van der Waals surface area contributed by atoms with Crippen LogP contribution in [0.1, 0.15) is 50.6 Å². The van der Waals surface area contributed by atoms with E-state index in [1.54, 1.807) is 6.92 Å². The number of hydrogen-bond donors (Lipinski definition) is 2. The van der Waals surface area contributed by atoms with E-state index >= 15 is 0 Å². The Labute approximate surface area is 200 Å². The predicted octanol–water partition coefficient (Wildman–Crippen LogP) is 2.51. The second-order valence-corrected chi connectivity index (χ2v) is 8.77. The standard InChI is InChI=1S/C22H25ClN6O5/c1-13-19-16(24-25-21(30)14-6-7-15(23)17(12-14)29(32)33)4-3-5-18(19)34-20(13)22(31)26-28-10-8-27(2)9-11-28/h6-7,12H,3-5,8-11H2,1-2H3,(H,25,30)(H,26,31)/b24-16+. The van der Waals surface area contributed by atoms with E-state index < -0.39 is 10.8 Å². The van der Waals surface area contributed by atoms with Gasteiger partial charge in [-0.25, -0.2) is 10.4 Å². The van der Waals surface area contributed by atoms with Crippen molar-refractivity contribution in [3.05, 3.63) is 61.5 Å². The van der Waals surface area contributed by atoms with Crippen molar-refractivity contribution in [3.63, 3.8) is 0 Å². The molecule has 0 unspecified atom stereocenters. The zero-order valence-electron chi connectivity index (χ0n) is 18.9. The summed E-state index contributed by atoms with van der Waals surface area (Å²) in [6.07, 6.45) is 2.00. The second kappa shape index (κ2) is 9.92. The van der Waals surface area contributed by atoms with E-state index in [1.165, 1.54) is 12.1 Å². The van der Waals surface area contributed by atoms with E-state index in [0.717, 1.165) is 44.2 Å². The first-order valence-corrected chi connectivity index (χ1v) is 11.3. The van der Waals surface area contributed by atoms with Crippen LogP contribution >= 0.6 is 11.6 Å². The van der Waals surface area contributed by atoms with Gasteiger partial charge in [-0.2, -0.15) is 5.10 Å². The molecule has 2 aliphatic rings. The van der Waals surface area contributed by atoms with Crippen LogP contribution in [0.4, 0.5) is 5.69 Å². The van der Waals surface area contributed by atoms with Gasteiger partial charge in [-0.05, 0) is 38.9 Å². The van der Waals surface area contributed by atoms with Crippen molar-refractivity contribution in [2.45, 2.75) is 26.2 Å². The van der Waals surface area contributed by atoms with Crippen molar-refractivity contribution in [1.29, 1.82) is 0 Å². The third kappa shape index (κ3) is 4.96. The van der Waals surface area contributed by atoms with Crippen LogP contribution in [0, 0.1) is 17.0 Å². The third-order valence-electron chi connectivity index (χ3n) is 5.99. The number of furan rings is 1. The van der Waals surface area contributed by atoms with Crippen LogP contribution < -0.4 is 10.9 Å². The Kier molecular flexibility index (Phi) is 6.96. The van der Waals surface area contributed by atoms with E-state index in [4.69, 9.17) is 16.0 Å². The number of fused-ring (bicyclic) bond motifs is 1. The number of benzene rings is 1. The molecule has 0 spiro atoms. The van der Waals surface area contributed by atoms with Crippen LogP contribution in [-0.4, -0.2) is 65.6 Å². The van der Waals surface area contributed by atoms with Gasteiger partial charge < -0.3 is 9.32 Å². The summed E-state index contributed by atoms with van der Waals surface area (Å²) in [6.45, 7) is 4.97. The fourth-order valence-electron chi connectivity index (χ4n) is 4.09. The summed E-state index contributed by atoms with van der Waals surface area (Å²) in [4.78, 5) is 38.0. The predicted molar refractivity (Wildman–Crippen MR) is 125 cm³/mol. The van der Waals surface area contributed by atoms with Gasteiger partial charge in [0.1, 0.15) is 10.8 Å². The summed E-state index contributed by atoms with van der Waals surface area (Å²) >= 11 is 5.81. The Morgan fingerprint density at radius 2 is 1.91 bits per heavy atom. The van der Waals surface area contributed by atoms with Gasteiger partial charge in [-0.1, -0.05) is 11.6 Å².